The van der Waals surface area contributed by atoms with Gasteiger partial charge in [0.15, 0.2) is 0 Å². The number of nitrogens with zero attached hydrogens (tertiary/aromatic N) is 3. The zero-order valence-electron chi connectivity index (χ0n) is 9.56. The van der Waals surface area contributed by atoms with Crippen LogP contribution in [0.2, 0.25) is 0 Å². The van der Waals surface area contributed by atoms with Gasteiger partial charge in [0.25, 0.3) is 5.95 Å². The highest BCUT2D eigenvalue weighted by atomic mass is 16.5. The molecule has 90 valence electrons. The Morgan fingerprint density at radius 2 is 2.19 bits per heavy atom. The molecule has 1 aliphatic heterocycles. The summed E-state index contributed by atoms with van der Waals surface area (Å²) in [5.41, 5.74) is 5.67. The highest BCUT2D eigenvalue weighted by Crippen LogP contribution is 2.12. The fourth-order valence-electron chi connectivity index (χ4n) is 1.59. The monoisotopic (exact) mass is 226 g/mol. The number of aryl methyl sites for hydroxylation is 1. The van der Waals surface area contributed by atoms with E-state index in [4.69, 9.17) is 15.0 Å². The number of ether oxygens (including phenoxy) is 1. The molecule has 1 aliphatic rings. The molecule has 6 heteroatoms. The van der Waals surface area contributed by atoms with Crippen molar-refractivity contribution in [2.45, 2.75) is 25.8 Å². The van der Waals surface area contributed by atoms with E-state index < -0.39 is 0 Å². The lowest BCUT2D eigenvalue weighted by atomic mass is 10.2. The van der Waals surface area contributed by atoms with Crippen LogP contribution in [-0.2, 0) is 11.2 Å². The van der Waals surface area contributed by atoms with Crippen molar-refractivity contribution in [3.8, 4) is 0 Å². The lowest BCUT2D eigenvalue weighted by molar-refractivity contribution is 0.121. The summed E-state index contributed by atoms with van der Waals surface area (Å²) in [5.74, 6) is 1.33. The van der Waals surface area contributed by atoms with Crippen LogP contribution >= 0.6 is 0 Å². The zero-order chi connectivity index (χ0) is 11.4. The Bertz CT molecular complexity index is 320. The molecule has 0 saturated carbocycles. The summed E-state index contributed by atoms with van der Waals surface area (Å²) in [6, 6.07) is 0.165. The van der Waals surface area contributed by atoms with E-state index in [1.54, 1.807) is 0 Å². The Morgan fingerprint density at radius 1 is 1.44 bits per heavy atom. The summed E-state index contributed by atoms with van der Waals surface area (Å²) in [6.07, 6.45) is 1.61. The van der Waals surface area contributed by atoms with Crippen molar-refractivity contribution in [1.82, 2.24) is 10.1 Å². The summed E-state index contributed by atoms with van der Waals surface area (Å²) in [4.78, 5) is 6.41. The smallest absolute Gasteiger partial charge is 0.266 e. The first kappa shape index (κ1) is 11.3. The van der Waals surface area contributed by atoms with Gasteiger partial charge in [-0.1, -0.05) is 0 Å². The van der Waals surface area contributed by atoms with Gasteiger partial charge in [-0.05, 0) is 18.5 Å². The van der Waals surface area contributed by atoms with Crippen LogP contribution in [0.4, 0.5) is 5.95 Å². The van der Waals surface area contributed by atoms with Gasteiger partial charge in [0, 0.05) is 25.6 Å². The van der Waals surface area contributed by atoms with Crippen LogP contribution in [0.1, 0.15) is 19.2 Å². The molecule has 0 aromatic carbocycles. The van der Waals surface area contributed by atoms with Gasteiger partial charge in [-0.25, -0.2) is 0 Å². The van der Waals surface area contributed by atoms with E-state index in [2.05, 4.69) is 15.0 Å². The highest BCUT2D eigenvalue weighted by Gasteiger charge is 2.16. The molecule has 6 nitrogen and oxygen atoms in total. The number of hydrogen-bond acceptors (Lipinski definition) is 6. The van der Waals surface area contributed by atoms with Crippen LogP contribution in [-0.4, -0.2) is 42.5 Å². The maximum Gasteiger partial charge on any atom is 0.266 e. The predicted octanol–water partition coefficient (Wildman–Crippen LogP) is 0.186. The molecule has 0 radical (unpaired) electrons. The zero-order valence-corrected chi connectivity index (χ0v) is 9.56. The lowest BCUT2D eigenvalue weighted by Gasteiger charge is -2.24. The van der Waals surface area contributed by atoms with Gasteiger partial charge in [0.05, 0.1) is 13.2 Å². The molecular formula is C10H18N4O2. The molecule has 0 bridgehead atoms. The maximum atomic E-state index is 5.67. The molecule has 2 rings (SSSR count). The van der Waals surface area contributed by atoms with Crippen LogP contribution in [0, 0.1) is 0 Å². The van der Waals surface area contributed by atoms with E-state index >= 15 is 0 Å². The van der Waals surface area contributed by atoms with Gasteiger partial charge in [-0.15, -0.1) is 0 Å². The highest BCUT2D eigenvalue weighted by molar-refractivity contribution is 5.27. The lowest BCUT2D eigenvalue weighted by Crippen LogP contribution is -2.36. The van der Waals surface area contributed by atoms with E-state index in [0.717, 1.165) is 39.1 Å². The summed E-state index contributed by atoms with van der Waals surface area (Å²) in [7, 11) is 0. The van der Waals surface area contributed by atoms with Gasteiger partial charge in [-0.2, -0.15) is 4.98 Å². The summed E-state index contributed by atoms with van der Waals surface area (Å²) < 4.78 is 10.4. The molecular weight excluding hydrogens is 208 g/mol. The second-order valence-corrected chi connectivity index (χ2v) is 4.10. The minimum absolute atomic E-state index is 0.165. The van der Waals surface area contributed by atoms with Gasteiger partial charge in [0.1, 0.15) is 0 Å². The Hall–Kier alpha value is -1.14. The van der Waals surface area contributed by atoms with Crippen molar-refractivity contribution in [2.75, 3.05) is 31.2 Å². The summed E-state index contributed by atoms with van der Waals surface area (Å²) >= 11 is 0. The van der Waals surface area contributed by atoms with Crippen LogP contribution in [0.25, 0.3) is 0 Å². The number of hydrogen-bond donors (Lipinski definition) is 1. The molecule has 16 heavy (non-hydrogen) atoms. The van der Waals surface area contributed by atoms with Crippen LogP contribution in [0.5, 0.6) is 0 Å². The minimum atomic E-state index is 0.165. The Balaban J connectivity index is 1.90. The van der Waals surface area contributed by atoms with Gasteiger partial charge in [0.2, 0.25) is 5.89 Å². The van der Waals surface area contributed by atoms with Crippen LogP contribution in [0.3, 0.4) is 0 Å². The van der Waals surface area contributed by atoms with E-state index in [1.165, 1.54) is 0 Å². The van der Waals surface area contributed by atoms with E-state index in [1.807, 2.05) is 6.92 Å². The first-order chi connectivity index (χ1) is 7.75. The SMILES string of the molecule is CC(N)CCc1nc(N2CCOCC2)no1. The second kappa shape index (κ2) is 5.27. The van der Waals surface area contributed by atoms with Gasteiger partial charge < -0.3 is 19.9 Å². The molecule has 0 amide bonds. The standard InChI is InChI=1S/C10H18N4O2/c1-8(11)2-3-9-12-10(13-16-9)14-4-6-15-7-5-14/h8H,2-7,11H2,1H3. The molecule has 1 aromatic rings. The average molecular weight is 226 g/mol. The van der Waals surface area contributed by atoms with Gasteiger partial charge in [-0.3, -0.25) is 0 Å². The maximum absolute atomic E-state index is 5.67. The Labute approximate surface area is 94.7 Å². The first-order valence-electron chi connectivity index (χ1n) is 5.66. The second-order valence-electron chi connectivity index (χ2n) is 4.10. The Kier molecular flexibility index (Phi) is 3.74. The molecule has 1 fully saturated rings. The summed E-state index contributed by atoms with van der Waals surface area (Å²) in [5, 5.41) is 3.96. The van der Waals surface area contributed by atoms with E-state index in [-0.39, 0.29) is 6.04 Å². The molecule has 2 N–H and O–H groups in total. The van der Waals surface area contributed by atoms with E-state index in [0.29, 0.717) is 11.8 Å². The van der Waals surface area contributed by atoms with Crippen LogP contribution < -0.4 is 10.6 Å². The van der Waals surface area contributed by atoms with Crippen molar-refractivity contribution in [3.63, 3.8) is 0 Å². The number of morpholine rings is 1. The third-order valence-corrected chi connectivity index (χ3v) is 2.56. The van der Waals surface area contributed by atoms with Crippen molar-refractivity contribution in [2.24, 2.45) is 5.73 Å². The molecule has 1 unspecified atom stereocenters. The average Bonchev–Trinajstić information content (AvgIpc) is 2.76. The first-order valence-corrected chi connectivity index (χ1v) is 5.66. The van der Waals surface area contributed by atoms with E-state index in [9.17, 15) is 0 Å². The fraction of sp³-hybridized carbons (Fsp3) is 0.800. The molecule has 1 atom stereocenters. The van der Waals surface area contributed by atoms with Crippen molar-refractivity contribution >= 4 is 5.95 Å². The largest absolute Gasteiger partial charge is 0.378 e. The van der Waals surface area contributed by atoms with Crippen molar-refractivity contribution in [1.29, 1.82) is 0 Å². The number of nitrogens with two attached hydrogens (primary N) is 1. The number of rotatable bonds is 4. The Morgan fingerprint density at radius 3 is 2.88 bits per heavy atom. The fourth-order valence-corrected chi connectivity index (χ4v) is 1.59. The minimum Gasteiger partial charge on any atom is -0.378 e. The van der Waals surface area contributed by atoms with Crippen molar-refractivity contribution < 1.29 is 9.26 Å². The quantitative estimate of drug-likeness (QED) is 0.789. The molecule has 0 aliphatic carbocycles. The molecule has 2 heterocycles. The van der Waals surface area contributed by atoms with Crippen LogP contribution in [0.15, 0.2) is 4.52 Å². The third-order valence-electron chi connectivity index (χ3n) is 2.56. The normalized spacial score (nSPS) is 18.8. The number of aromatic nitrogens is 2. The predicted molar refractivity (Wildman–Crippen MR) is 59.3 cm³/mol. The van der Waals surface area contributed by atoms with Gasteiger partial charge >= 0.3 is 0 Å². The topological polar surface area (TPSA) is 77.4 Å². The summed E-state index contributed by atoms with van der Waals surface area (Å²) in [6.45, 7) is 5.07. The van der Waals surface area contributed by atoms with Crippen molar-refractivity contribution in [3.05, 3.63) is 5.89 Å². The molecule has 1 aromatic heterocycles. The third kappa shape index (κ3) is 2.93. The molecule has 0 spiro atoms. The molecule has 1 saturated heterocycles. The number of anilines is 1.